The summed E-state index contributed by atoms with van der Waals surface area (Å²) in [6.45, 7) is 0.456. The third-order valence-corrected chi connectivity index (χ3v) is 4.47. The fourth-order valence-corrected chi connectivity index (χ4v) is 2.99. The van der Waals surface area contributed by atoms with E-state index in [-0.39, 0.29) is 12.3 Å². The van der Waals surface area contributed by atoms with Crippen LogP contribution in [-0.4, -0.2) is 17.9 Å². The molecule has 0 bridgehead atoms. The molecule has 0 saturated carbocycles. The van der Waals surface area contributed by atoms with Gasteiger partial charge in [0.05, 0.1) is 6.42 Å². The van der Waals surface area contributed by atoms with Crippen LogP contribution in [0.15, 0.2) is 84.9 Å². The Morgan fingerprint density at radius 1 is 0.828 bits per heavy atom. The SMILES string of the molecule is NC(=O)[C@@H](Cc1cccc(OCc2ccccc2)c1)NC(=O)Cc1ccccc1. The molecule has 0 aliphatic heterocycles. The average Bonchev–Trinajstić information content (AvgIpc) is 2.73. The van der Waals surface area contributed by atoms with E-state index in [0.717, 1.165) is 16.7 Å². The first kappa shape index (κ1) is 20.1. The smallest absolute Gasteiger partial charge is 0.240 e. The Bertz CT molecular complexity index is 943. The van der Waals surface area contributed by atoms with Crippen molar-refractivity contribution in [1.82, 2.24) is 5.32 Å². The Morgan fingerprint density at radius 3 is 2.10 bits per heavy atom. The van der Waals surface area contributed by atoms with Gasteiger partial charge in [-0.05, 0) is 28.8 Å². The van der Waals surface area contributed by atoms with Gasteiger partial charge in [0.2, 0.25) is 11.8 Å². The summed E-state index contributed by atoms with van der Waals surface area (Å²) in [5.41, 5.74) is 8.32. The van der Waals surface area contributed by atoms with E-state index in [0.29, 0.717) is 18.8 Å². The van der Waals surface area contributed by atoms with Crippen molar-refractivity contribution in [3.8, 4) is 5.75 Å². The molecule has 0 heterocycles. The zero-order valence-corrected chi connectivity index (χ0v) is 16.1. The summed E-state index contributed by atoms with van der Waals surface area (Å²) in [4.78, 5) is 24.2. The Kier molecular flexibility index (Phi) is 7.00. The normalized spacial score (nSPS) is 11.4. The minimum atomic E-state index is -0.782. The highest BCUT2D eigenvalue weighted by molar-refractivity contribution is 5.87. The molecule has 0 radical (unpaired) electrons. The van der Waals surface area contributed by atoms with Gasteiger partial charge in [0, 0.05) is 6.42 Å². The molecule has 0 aliphatic rings. The predicted octanol–water partition coefficient (Wildman–Crippen LogP) is 3.02. The number of hydrogen-bond donors (Lipinski definition) is 2. The van der Waals surface area contributed by atoms with Gasteiger partial charge in [0.15, 0.2) is 0 Å². The van der Waals surface area contributed by atoms with Crippen LogP contribution in [-0.2, 0) is 29.0 Å². The highest BCUT2D eigenvalue weighted by atomic mass is 16.5. The molecule has 0 aromatic heterocycles. The van der Waals surface area contributed by atoms with Gasteiger partial charge in [-0.25, -0.2) is 0 Å². The first-order valence-electron chi connectivity index (χ1n) is 9.48. The van der Waals surface area contributed by atoms with Gasteiger partial charge in [-0.2, -0.15) is 0 Å². The second kappa shape index (κ2) is 10.1. The molecule has 0 saturated heterocycles. The summed E-state index contributed by atoms with van der Waals surface area (Å²) >= 11 is 0. The molecule has 29 heavy (non-hydrogen) atoms. The zero-order chi connectivity index (χ0) is 20.5. The van der Waals surface area contributed by atoms with Crippen molar-refractivity contribution in [2.75, 3.05) is 0 Å². The van der Waals surface area contributed by atoms with Gasteiger partial charge in [-0.1, -0.05) is 72.8 Å². The lowest BCUT2D eigenvalue weighted by Gasteiger charge is -2.16. The number of rotatable bonds is 9. The molecule has 0 unspecified atom stereocenters. The summed E-state index contributed by atoms with van der Waals surface area (Å²) in [5.74, 6) is -0.108. The van der Waals surface area contributed by atoms with E-state index < -0.39 is 11.9 Å². The van der Waals surface area contributed by atoms with Gasteiger partial charge in [-0.15, -0.1) is 0 Å². The first-order chi connectivity index (χ1) is 14.1. The average molecular weight is 388 g/mol. The molecule has 3 N–H and O–H groups in total. The number of amides is 2. The second-order valence-electron chi connectivity index (χ2n) is 6.81. The van der Waals surface area contributed by atoms with Gasteiger partial charge in [0.25, 0.3) is 0 Å². The number of nitrogens with one attached hydrogen (secondary N) is 1. The third kappa shape index (κ3) is 6.50. The van der Waals surface area contributed by atoms with Gasteiger partial charge in [-0.3, -0.25) is 9.59 Å². The van der Waals surface area contributed by atoms with Crippen LogP contribution in [0.25, 0.3) is 0 Å². The standard InChI is InChI=1S/C24H24N2O3/c25-24(28)22(26-23(27)16-18-8-3-1-4-9-18)15-20-12-7-13-21(14-20)29-17-19-10-5-2-6-11-19/h1-14,22H,15-17H2,(H2,25,28)(H,26,27)/t22-/m1/s1. The fraction of sp³-hybridized carbons (Fsp3) is 0.167. The molecule has 1 atom stereocenters. The van der Waals surface area contributed by atoms with Crippen molar-refractivity contribution in [2.24, 2.45) is 5.73 Å². The first-order valence-corrected chi connectivity index (χ1v) is 9.48. The Morgan fingerprint density at radius 2 is 1.45 bits per heavy atom. The van der Waals surface area contributed by atoms with Crippen LogP contribution in [0.1, 0.15) is 16.7 Å². The van der Waals surface area contributed by atoms with Crippen LogP contribution in [0.3, 0.4) is 0 Å². The number of primary amides is 1. The maximum atomic E-state index is 12.3. The van der Waals surface area contributed by atoms with Crippen LogP contribution in [0, 0.1) is 0 Å². The molecule has 0 spiro atoms. The molecule has 3 aromatic rings. The van der Waals surface area contributed by atoms with Crippen LogP contribution >= 0.6 is 0 Å². The van der Waals surface area contributed by atoms with Crippen molar-refractivity contribution in [3.63, 3.8) is 0 Å². The zero-order valence-electron chi connectivity index (χ0n) is 16.1. The predicted molar refractivity (Wildman–Crippen MR) is 112 cm³/mol. The minimum absolute atomic E-state index is 0.199. The number of carbonyl (C=O) groups is 2. The van der Waals surface area contributed by atoms with Crippen LogP contribution in [0.4, 0.5) is 0 Å². The fourth-order valence-electron chi connectivity index (χ4n) is 2.99. The van der Waals surface area contributed by atoms with Crippen molar-refractivity contribution in [2.45, 2.75) is 25.5 Å². The minimum Gasteiger partial charge on any atom is -0.489 e. The molecular formula is C24H24N2O3. The summed E-state index contributed by atoms with van der Waals surface area (Å²) < 4.78 is 5.83. The van der Waals surface area contributed by atoms with E-state index in [1.807, 2.05) is 84.9 Å². The van der Waals surface area contributed by atoms with E-state index in [2.05, 4.69) is 5.32 Å². The summed E-state index contributed by atoms with van der Waals surface area (Å²) in [6.07, 6.45) is 0.503. The largest absolute Gasteiger partial charge is 0.489 e. The van der Waals surface area contributed by atoms with Gasteiger partial charge in [0.1, 0.15) is 18.4 Å². The molecule has 0 aliphatic carbocycles. The van der Waals surface area contributed by atoms with Crippen molar-refractivity contribution in [3.05, 3.63) is 102 Å². The number of nitrogens with two attached hydrogens (primary N) is 1. The molecule has 3 aromatic carbocycles. The molecule has 148 valence electrons. The highest BCUT2D eigenvalue weighted by Gasteiger charge is 2.19. The monoisotopic (exact) mass is 388 g/mol. The summed E-state index contributed by atoms with van der Waals surface area (Å²) in [5, 5.41) is 2.74. The Hall–Kier alpha value is -3.60. The van der Waals surface area contributed by atoms with Crippen molar-refractivity contribution < 1.29 is 14.3 Å². The van der Waals surface area contributed by atoms with E-state index in [1.54, 1.807) is 0 Å². The van der Waals surface area contributed by atoms with E-state index in [4.69, 9.17) is 10.5 Å². The Balaban J connectivity index is 1.59. The third-order valence-electron chi connectivity index (χ3n) is 4.47. The number of carbonyl (C=O) groups excluding carboxylic acids is 2. The lowest BCUT2D eigenvalue weighted by molar-refractivity contribution is -0.127. The molecule has 0 fully saturated rings. The Labute approximate surface area is 170 Å². The molecule has 3 rings (SSSR count). The topological polar surface area (TPSA) is 81.4 Å². The van der Waals surface area contributed by atoms with Crippen LogP contribution in [0.5, 0.6) is 5.75 Å². The number of hydrogen-bond acceptors (Lipinski definition) is 3. The van der Waals surface area contributed by atoms with E-state index in [1.165, 1.54) is 0 Å². The molecular weight excluding hydrogens is 364 g/mol. The summed E-state index contributed by atoms with van der Waals surface area (Å²) in [6, 6.07) is 25.9. The molecule has 2 amide bonds. The van der Waals surface area contributed by atoms with Crippen LogP contribution < -0.4 is 15.8 Å². The lowest BCUT2D eigenvalue weighted by Crippen LogP contribution is -2.46. The van der Waals surface area contributed by atoms with Gasteiger partial charge >= 0.3 is 0 Å². The maximum absolute atomic E-state index is 12.3. The van der Waals surface area contributed by atoms with Crippen molar-refractivity contribution >= 4 is 11.8 Å². The number of ether oxygens (including phenoxy) is 1. The number of benzene rings is 3. The van der Waals surface area contributed by atoms with Crippen LogP contribution in [0.2, 0.25) is 0 Å². The highest BCUT2D eigenvalue weighted by Crippen LogP contribution is 2.16. The molecule has 5 heteroatoms. The van der Waals surface area contributed by atoms with Gasteiger partial charge < -0.3 is 15.8 Å². The summed E-state index contributed by atoms with van der Waals surface area (Å²) in [7, 11) is 0. The van der Waals surface area contributed by atoms with Crippen molar-refractivity contribution in [1.29, 1.82) is 0 Å². The second-order valence-corrected chi connectivity index (χ2v) is 6.81. The maximum Gasteiger partial charge on any atom is 0.240 e. The molecule has 5 nitrogen and oxygen atoms in total. The van der Waals surface area contributed by atoms with E-state index in [9.17, 15) is 9.59 Å². The quantitative estimate of drug-likeness (QED) is 0.591. The van der Waals surface area contributed by atoms with E-state index >= 15 is 0 Å². The lowest BCUT2D eigenvalue weighted by atomic mass is 10.0.